The molecular formula is C14H16BrNO2S. The van der Waals surface area contributed by atoms with Crippen molar-refractivity contribution in [1.82, 2.24) is 4.31 Å². The van der Waals surface area contributed by atoms with Gasteiger partial charge in [0.2, 0.25) is 10.0 Å². The van der Waals surface area contributed by atoms with Crippen molar-refractivity contribution in [3.63, 3.8) is 0 Å². The van der Waals surface area contributed by atoms with E-state index in [0.717, 1.165) is 15.2 Å². The van der Waals surface area contributed by atoms with E-state index in [1.54, 1.807) is 12.1 Å². The molecule has 3 nitrogen and oxygen atoms in total. The van der Waals surface area contributed by atoms with E-state index < -0.39 is 10.0 Å². The van der Waals surface area contributed by atoms with Crippen LogP contribution in [-0.4, -0.2) is 25.8 Å². The van der Waals surface area contributed by atoms with Crippen molar-refractivity contribution < 1.29 is 8.42 Å². The van der Waals surface area contributed by atoms with Crippen molar-refractivity contribution in [3.8, 4) is 0 Å². The Bertz CT molecular complexity index is 694. The van der Waals surface area contributed by atoms with Crippen LogP contribution in [0.25, 0.3) is 10.8 Å². The molecule has 0 unspecified atom stereocenters. The summed E-state index contributed by atoms with van der Waals surface area (Å²) in [5.41, 5.74) is 0. The Labute approximate surface area is 122 Å². The molecule has 0 aliphatic heterocycles. The van der Waals surface area contributed by atoms with Crippen LogP contribution in [0.5, 0.6) is 0 Å². The molecule has 2 aromatic rings. The average molecular weight is 342 g/mol. The standard InChI is InChI=1S/C14H16BrNO2S/c1-3-16(4-2)19(17,18)14-10-9-13(15)11-7-5-6-8-12(11)14/h5-10H,3-4H2,1-2H3. The molecule has 0 heterocycles. The first kappa shape index (κ1) is 14.5. The fourth-order valence-electron chi connectivity index (χ4n) is 2.16. The molecule has 0 radical (unpaired) electrons. The van der Waals surface area contributed by atoms with E-state index in [1.807, 2.05) is 38.1 Å². The predicted molar refractivity (Wildman–Crippen MR) is 81.8 cm³/mol. The van der Waals surface area contributed by atoms with Crippen LogP contribution < -0.4 is 0 Å². The largest absolute Gasteiger partial charge is 0.243 e. The van der Waals surface area contributed by atoms with Crippen LogP contribution in [0.1, 0.15) is 13.8 Å². The number of sulfonamides is 1. The van der Waals surface area contributed by atoms with Crippen LogP contribution in [0.4, 0.5) is 0 Å². The fraction of sp³-hybridized carbons (Fsp3) is 0.286. The predicted octanol–water partition coefficient (Wildman–Crippen LogP) is 3.63. The van der Waals surface area contributed by atoms with Crippen molar-refractivity contribution in [2.24, 2.45) is 0 Å². The number of rotatable bonds is 4. The van der Waals surface area contributed by atoms with Gasteiger partial charge in [-0.05, 0) is 17.5 Å². The summed E-state index contributed by atoms with van der Waals surface area (Å²) in [7, 11) is -3.43. The Morgan fingerprint density at radius 2 is 1.58 bits per heavy atom. The molecule has 0 bridgehead atoms. The van der Waals surface area contributed by atoms with E-state index in [0.29, 0.717) is 18.0 Å². The van der Waals surface area contributed by atoms with Crippen molar-refractivity contribution in [3.05, 3.63) is 40.9 Å². The molecule has 2 rings (SSSR count). The third-order valence-corrected chi connectivity index (χ3v) is 5.95. The van der Waals surface area contributed by atoms with Gasteiger partial charge in [0.1, 0.15) is 0 Å². The third kappa shape index (κ3) is 2.55. The minimum Gasteiger partial charge on any atom is -0.207 e. The Hall–Kier alpha value is -0.910. The van der Waals surface area contributed by atoms with Crippen molar-refractivity contribution in [2.75, 3.05) is 13.1 Å². The zero-order valence-electron chi connectivity index (χ0n) is 10.9. The lowest BCUT2D eigenvalue weighted by atomic mass is 10.1. The molecule has 0 aliphatic rings. The number of benzene rings is 2. The van der Waals surface area contributed by atoms with Gasteiger partial charge >= 0.3 is 0 Å². The second-order valence-electron chi connectivity index (χ2n) is 4.18. The number of hydrogen-bond acceptors (Lipinski definition) is 2. The van der Waals surface area contributed by atoms with E-state index in [-0.39, 0.29) is 0 Å². The zero-order chi connectivity index (χ0) is 14.0. The van der Waals surface area contributed by atoms with E-state index in [1.165, 1.54) is 4.31 Å². The summed E-state index contributed by atoms with van der Waals surface area (Å²) in [6.45, 7) is 4.65. The van der Waals surface area contributed by atoms with Gasteiger partial charge < -0.3 is 0 Å². The van der Waals surface area contributed by atoms with Gasteiger partial charge in [0.05, 0.1) is 4.90 Å². The molecule has 102 valence electrons. The summed E-state index contributed by atoms with van der Waals surface area (Å²) in [4.78, 5) is 0.370. The molecule has 0 atom stereocenters. The summed E-state index contributed by atoms with van der Waals surface area (Å²) in [5.74, 6) is 0. The number of nitrogens with zero attached hydrogens (tertiary/aromatic N) is 1. The van der Waals surface area contributed by atoms with Crippen molar-refractivity contribution >= 4 is 36.7 Å². The first-order chi connectivity index (χ1) is 9.02. The van der Waals surface area contributed by atoms with Crippen molar-refractivity contribution in [1.29, 1.82) is 0 Å². The van der Waals surface area contributed by atoms with Crippen LogP contribution >= 0.6 is 15.9 Å². The van der Waals surface area contributed by atoms with Gasteiger partial charge in [-0.2, -0.15) is 4.31 Å². The topological polar surface area (TPSA) is 37.4 Å². The molecule has 0 N–H and O–H groups in total. The maximum atomic E-state index is 12.6. The normalized spacial score (nSPS) is 12.2. The Kier molecular flexibility index (Phi) is 4.28. The third-order valence-electron chi connectivity index (χ3n) is 3.15. The Morgan fingerprint density at radius 3 is 2.16 bits per heavy atom. The van der Waals surface area contributed by atoms with Gasteiger partial charge in [-0.15, -0.1) is 0 Å². The van der Waals surface area contributed by atoms with Gasteiger partial charge in [0, 0.05) is 22.9 Å². The van der Waals surface area contributed by atoms with Gasteiger partial charge in [0.15, 0.2) is 0 Å². The maximum absolute atomic E-state index is 12.6. The Morgan fingerprint density at radius 1 is 1.00 bits per heavy atom. The summed E-state index contributed by atoms with van der Waals surface area (Å²) in [5, 5.41) is 1.67. The minimum atomic E-state index is -3.43. The molecule has 0 aliphatic carbocycles. The molecule has 0 saturated carbocycles. The summed E-state index contributed by atoms with van der Waals surface area (Å²) < 4.78 is 27.6. The highest BCUT2D eigenvalue weighted by Gasteiger charge is 2.23. The molecule has 5 heteroatoms. The fourth-order valence-corrected chi connectivity index (χ4v) is 4.29. The smallest absolute Gasteiger partial charge is 0.207 e. The van der Waals surface area contributed by atoms with E-state index in [9.17, 15) is 8.42 Å². The van der Waals surface area contributed by atoms with Crippen LogP contribution in [-0.2, 0) is 10.0 Å². The van der Waals surface area contributed by atoms with E-state index in [2.05, 4.69) is 15.9 Å². The second kappa shape index (κ2) is 5.61. The first-order valence-electron chi connectivity index (χ1n) is 6.19. The summed E-state index contributed by atoms with van der Waals surface area (Å²) in [6, 6.07) is 11.0. The lowest BCUT2D eigenvalue weighted by molar-refractivity contribution is 0.446. The Balaban J connectivity index is 2.74. The molecule has 19 heavy (non-hydrogen) atoms. The second-order valence-corrected chi connectivity index (χ2v) is 6.94. The summed E-state index contributed by atoms with van der Waals surface area (Å²) in [6.07, 6.45) is 0. The van der Waals surface area contributed by atoms with E-state index in [4.69, 9.17) is 0 Å². The lowest BCUT2D eigenvalue weighted by Crippen LogP contribution is -2.30. The highest BCUT2D eigenvalue weighted by molar-refractivity contribution is 9.10. The van der Waals surface area contributed by atoms with E-state index >= 15 is 0 Å². The summed E-state index contributed by atoms with van der Waals surface area (Å²) >= 11 is 3.46. The highest BCUT2D eigenvalue weighted by Crippen LogP contribution is 2.30. The van der Waals surface area contributed by atoms with Crippen LogP contribution in [0.2, 0.25) is 0 Å². The molecule has 2 aromatic carbocycles. The minimum absolute atomic E-state index is 0.370. The first-order valence-corrected chi connectivity index (χ1v) is 8.43. The molecule has 0 fully saturated rings. The highest BCUT2D eigenvalue weighted by atomic mass is 79.9. The lowest BCUT2D eigenvalue weighted by Gasteiger charge is -2.19. The van der Waals surface area contributed by atoms with Crippen LogP contribution in [0.3, 0.4) is 0 Å². The molecule has 0 spiro atoms. The van der Waals surface area contributed by atoms with Crippen LogP contribution in [0, 0.1) is 0 Å². The molecular weight excluding hydrogens is 326 g/mol. The molecule has 0 saturated heterocycles. The maximum Gasteiger partial charge on any atom is 0.243 e. The van der Waals surface area contributed by atoms with Gasteiger partial charge in [-0.3, -0.25) is 0 Å². The van der Waals surface area contributed by atoms with Gasteiger partial charge in [-0.1, -0.05) is 54.0 Å². The molecule has 0 amide bonds. The average Bonchev–Trinajstić information content (AvgIpc) is 2.40. The zero-order valence-corrected chi connectivity index (χ0v) is 13.3. The quantitative estimate of drug-likeness (QED) is 0.851. The van der Waals surface area contributed by atoms with Crippen molar-refractivity contribution in [2.45, 2.75) is 18.7 Å². The van der Waals surface area contributed by atoms with Crippen LogP contribution in [0.15, 0.2) is 45.8 Å². The monoisotopic (exact) mass is 341 g/mol. The molecule has 0 aromatic heterocycles. The SMILES string of the molecule is CCN(CC)S(=O)(=O)c1ccc(Br)c2ccccc12. The number of hydrogen-bond donors (Lipinski definition) is 0. The number of halogens is 1. The van der Waals surface area contributed by atoms with Gasteiger partial charge in [-0.25, -0.2) is 8.42 Å². The number of fused-ring (bicyclic) bond motifs is 1. The van der Waals surface area contributed by atoms with Gasteiger partial charge in [0.25, 0.3) is 0 Å².